The van der Waals surface area contributed by atoms with E-state index < -0.39 is 0 Å². The highest BCUT2D eigenvalue weighted by Crippen LogP contribution is 2.24. The highest BCUT2D eigenvalue weighted by molar-refractivity contribution is 6.35. The zero-order valence-corrected chi connectivity index (χ0v) is 10.1. The first-order valence-corrected chi connectivity index (χ1v) is 5.42. The van der Waals surface area contributed by atoms with Crippen molar-refractivity contribution in [1.82, 2.24) is 0 Å². The van der Waals surface area contributed by atoms with E-state index in [2.05, 4.69) is 0 Å². The van der Waals surface area contributed by atoms with Gasteiger partial charge in [0.05, 0.1) is 18.1 Å². The third-order valence-corrected chi connectivity index (χ3v) is 2.61. The molecule has 0 aliphatic carbocycles. The number of hydrogen-bond donors (Lipinski definition) is 0. The fraction of sp³-hybridized carbons (Fsp3) is 0.273. The average molecular weight is 261 g/mol. The van der Waals surface area contributed by atoms with Gasteiger partial charge in [0, 0.05) is 10.6 Å². The van der Waals surface area contributed by atoms with Gasteiger partial charge in [-0.3, -0.25) is 9.59 Å². The van der Waals surface area contributed by atoms with E-state index in [1.807, 2.05) is 0 Å². The van der Waals surface area contributed by atoms with Gasteiger partial charge >= 0.3 is 5.97 Å². The van der Waals surface area contributed by atoms with Gasteiger partial charge < -0.3 is 4.74 Å². The second kappa shape index (κ2) is 5.87. The molecule has 0 fully saturated rings. The maximum Gasteiger partial charge on any atom is 0.310 e. The van der Waals surface area contributed by atoms with Gasteiger partial charge in [0.2, 0.25) is 0 Å². The molecule has 0 saturated heterocycles. The molecule has 3 nitrogen and oxygen atoms in total. The van der Waals surface area contributed by atoms with Crippen LogP contribution >= 0.6 is 23.2 Å². The lowest BCUT2D eigenvalue weighted by atomic mass is 10.1. The first-order chi connectivity index (χ1) is 7.58. The Bertz CT molecular complexity index is 416. The number of halogens is 2. The van der Waals surface area contributed by atoms with Crippen LogP contribution in [0.2, 0.25) is 10.0 Å². The summed E-state index contributed by atoms with van der Waals surface area (Å²) in [5.41, 5.74) is 0.856. The van der Waals surface area contributed by atoms with Gasteiger partial charge in [-0.2, -0.15) is 0 Å². The summed E-state index contributed by atoms with van der Waals surface area (Å²) in [6.45, 7) is 2.04. The largest absolute Gasteiger partial charge is 0.466 e. The van der Waals surface area contributed by atoms with E-state index in [4.69, 9.17) is 27.9 Å². The highest BCUT2D eigenvalue weighted by atomic mass is 35.5. The zero-order chi connectivity index (χ0) is 12.1. The van der Waals surface area contributed by atoms with Crippen LogP contribution in [-0.2, 0) is 16.0 Å². The Morgan fingerprint density at radius 2 is 2.06 bits per heavy atom. The van der Waals surface area contributed by atoms with Gasteiger partial charge in [0.1, 0.15) is 0 Å². The minimum absolute atomic E-state index is 0.0472. The van der Waals surface area contributed by atoms with Crippen LogP contribution in [0.25, 0.3) is 0 Å². The quantitative estimate of drug-likeness (QED) is 0.618. The summed E-state index contributed by atoms with van der Waals surface area (Å²) >= 11 is 11.7. The van der Waals surface area contributed by atoms with Crippen LogP contribution < -0.4 is 0 Å². The predicted octanol–water partition coefficient (Wildman–Crippen LogP) is 2.91. The van der Waals surface area contributed by atoms with Crippen molar-refractivity contribution in [2.45, 2.75) is 13.3 Å². The van der Waals surface area contributed by atoms with E-state index in [-0.39, 0.29) is 17.4 Å². The van der Waals surface area contributed by atoms with Gasteiger partial charge in [-0.25, -0.2) is 0 Å². The molecular weight excluding hydrogens is 251 g/mol. The molecule has 0 bridgehead atoms. The van der Waals surface area contributed by atoms with Crippen molar-refractivity contribution in [3.63, 3.8) is 0 Å². The Labute approximate surface area is 103 Å². The van der Waals surface area contributed by atoms with E-state index >= 15 is 0 Å². The molecule has 86 valence electrons. The molecule has 0 saturated carbocycles. The van der Waals surface area contributed by atoms with Gasteiger partial charge in [-0.1, -0.05) is 23.2 Å². The van der Waals surface area contributed by atoms with Crippen LogP contribution in [0, 0.1) is 0 Å². The standard InChI is InChI=1S/C11H10Cl2O3/c1-2-16-11(15)5-7-3-10(13)8(6-14)4-9(7)12/h3-4,6H,2,5H2,1H3. The summed E-state index contributed by atoms with van der Waals surface area (Å²) in [5.74, 6) is -0.376. The third kappa shape index (κ3) is 3.22. The molecule has 0 aliphatic rings. The Balaban J connectivity index is 2.93. The van der Waals surface area contributed by atoms with Crippen LogP contribution in [0.1, 0.15) is 22.8 Å². The van der Waals surface area contributed by atoms with Crippen molar-refractivity contribution >= 4 is 35.5 Å². The maximum absolute atomic E-state index is 11.2. The monoisotopic (exact) mass is 260 g/mol. The first-order valence-electron chi connectivity index (χ1n) is 4.67. The topological polar surface area (TPSA) is 43.4 Å². The normalized spacial score (nSPS) is 9.94. The molecule has 0 atom stereocenters. The first kappa shape index (κ1) is 13.0. The Morgan fingerprint density at radius 1 is 1.38 bits per heavy atom. The van der Waals surface area contributed by atoms with Gasteiger partial charge in [-0.15, -0.1) is 0 Å². The molecule has 1 aromatic rings. The molecule has 0 aliphatic heterocycles. The van der Waals surface area contributed by atoms with Crippen molar-refractivity contribution in [1.29, 1.82) is 0 Å². The summed E-state index contributed by atoms with van der Waals surface area (Å²) in [7, 11) is 0. The molecule has 0 amide bonds. The van der Waals surface area contributed by atoms with E-state index in [0.717, 1.165) is 0 Å². The van der Waals surface area contributed by atoms with Crippen molar-refractivity contribution in [3.05, 3.63) is 33.3 Å². The number of carbonyl (C=O) groups is 2. The molecule has 0 aromatic heterocycles. The Hall–Kier alpha value is -1.06. The second-order valence-corrected chi connectivity index (χ2v) is 3.88. The van der Waals surface area contributed by atoms with Crippen LogP contribution in [0.5, 0.6) is 0 Å². The number of hydrogen-bond acceptors (Lipinski definition) is 3. The van der Waals surface area contributed by atoms with Gasteiger partial charge in [-0.05, 0) is 24.6 Å². The van der Waals surface area contributed by atoms with Crippen LogP contribution in [0.3, 0.4) is 0 Å². The number of esters is 1. The number of carbonyl (C=O) groups excluding carboxylic acids is 2. The smallest absolute Gasteiger partial charge is 0.310 e. The number of rotatable bonds is 4. The summed E-state index contributed by atoms with van der Waals surface area (Å²) in [5, 5.41) is 0.609. The lowest BCUT2D eigenvalue weighted by Gasteiger charge is -2.06. The van der Waals surface area contributed by atoms with E-state index in [0.29, 0.717) is 29.0 Å². The lowest BCUT2D eigenvalue weighted by Crippen LogP contribution is -2.08. The molecule has 1 aromatic carbocycles. The summed E-state index contributed by atoms with van der Waals surface area (Å²) in [6, 6.07) is 2.94. The van der Waals surface area contributed by atoms with Crippen molar-refractivity contribution in [2.24, 2.45) is 0 Å². The fourth-order valence-corrected chi connectivity index (χ4v) is 1.67. The van der Waals surface area contributed by atoms with E-state index in [1.165, 1.54) is 12.1 Å². The molecule has 0 heterocycles. The van der Waals surface area contributed by atoms with E-state index in [1.54, 1.807) is 6.92 Å². The highest BCUT2D eigenvalue weighted by Gasteiger charge is 2.11. The molecule has 1 rings (SSSR count). The zero-order valence-electron chi connectivity index (χ0n) is 8.63. The van der Waals surface area contributed by atoms with Gasteiger partial charge in [0.15, 0.2) is 6.29 Å². The molecular formula is C11H10Cl2O3. The summed E-state index contributed by atoms with van der Waals surface area (Å²) < 4.78 is 4.79. The maximum atomic E-state index is 11.2. The predicted molar refractivity (Wildman–Crippen MR) is 62.2 cm³/mol. The van der Waals surface area contributed by atoms with E-state index in [9.17, 15) is 9.59 Å². The van der Waals surface area contributed by atoms with Crippen LogP contribution in [-0.4, -0.2) is 18.9 Å². The molecule has 0 spiro atoms. The molecule has 0 N–H and O–H groups in total. The summed E-state index contributed by atoms with van der Waals surface area (Å²) in [4.78, 5) is 21.8. The Morgan fingerprint density at radius 3 is 2.62 bits per heavy atom. The minimum Gasteiger partial charge on any atom is -0.466 e. The van der Waals surface area contributed by atoms with Crippen LogP contribution in [0.4, 0.5) is 0 Å². The van der Waals surface area contributed by atoms with Crippen molar-refractivity contribution < 1.29 is 14.3 Å². The molecule has 5 heteroatoms. The Kier molecular flexibility index (Phi) is 4.77. The summed E-state index contributed by atoms with van der Waals surface area (Å²) in [6.07, 6.45) is 0.661. The van der Waals surface area contributed by atoms with Crippen molar-refractivity contribution in [3.8, 4) is 0 Å². The number of benzene rings is 1. The second-order valence-electron chi connectivity index (χ2n) is 3.06. The minimum atomic E-state index is -0.376. The molecule has 0 unspecified atom stereocenters. The third-order valence-electron chi connectivity index (χ3n) is 1.93. The SMILES string of the molecule is CCOC(=O)Cc1cc(Cl)c(C=O)cc1Cl. The molecule has 16 heavy (non-hydrogen) atoms. The van der Waals surface area contributed by atoms with Crippen molar-refractivity contribution in [2.75, 3.05) is 6.61 Å². The lowest BCUT2D eigenvalue weighted by molar-refractivity contribution is -0.142. The number of ether oxygens (including phenoxy) is 1. The fourth-order valence-electron chi connectivity index (χ4n) is 1.20. The average Bonchev–Trinajstić information content (AvgIpc) is 2.23. The van der Waals surface area contributed by atoms with Crippen LogP contribution in [0.15, 0.2) is 12.1 Å². The van der Waals surface area contributed by atoms with Gasteiger partial charge in [0.25, 0.3) is 0 Å². The number of aldehydes is 1. The molecule has 0 radical (unpaired) electrons.